The number of unbranched alkanes of at least 4 members (excludes halogenated alkanes) is 1. The van der Waals surface area contributed by atoms with Crippen molar-refractivity contribution in [2.45, 2.75) is 45.1 Å². The Labute approximate surface area is 121 Å². The van der Waals surface area contributed by atoms with Gasteiger partial charge in [0, 0.05) is 5.69 Å². The van der Waals surface area contributed by atoms with Crippen molar-refractivity contribution in [2.75, 3.05) is 11.9 Å². The number of hydrogen-bond donors (Lipinski definition) is 2. The maximum Gasteiger partial charge on any atom is 0.241 e. The zero-order chi connectivity index (χ0) is 12.8. The van der Waals surface area contributed by atoms with Crippen LogP contribution in [0.1, 0.15) is 38.2 Å². The van der Waals surface area contributed by atoms with E-state index < -0.39 is 0 Å². The van der Waals surface area contributed by atoms with Gasteiger partial charge in [0.15, 0.2) is 0 Å². The summed E-state index contributed by atoms with van der Waals surface area (Å²) in [6.07, 6.45) is 5.59. The van der Waals surface area contributed by atoms with Gasteiger partial charge in [-0.25, -0.2) is 0 Å². The summed E-state index contributed by atoms with van der Waals surface area (Å²) in [6.45, 7) is 3.15. The molecular formula is C15H23ClN2O. The number of benzene rings is 1. The Bertz CT molecular complexity index is 386. The predicted molar refractivity (Wildman–Crippen MR) is 82.0 cm³/mol. The van der Waals surface area contributed by atoms with E-state index in [1.54, 1.807) is 0 Å². The quantitative estimate of drug-likeness (QED) is 0.871. The lowest BCUT2D eigenvalue weighted by atomic mass is 10.1. The van der Waals surface area contributed by atoms with E-state index in [-0.39, 0.29) is 24.4 Å². The highest BCUT2D eigenvalue weighted by Crippen LogP contribution is 2.13. The van der Waals surface area contributed by atoms with E-state index in [4.69, 9.17) is 0 Å². The minimum absolute atomic E-state index is 0. The molecule has 1 heterocycles. The van der Waals surface area contributed by atoms with Gasteiger partial charge < -0.3 is 10.6 Å². The van der Waals surface area contributed by atoms with Crippen molar-refractivity contribution in [3.8, 4) is 0 Å². The minimum atomic E-state index is -0.00947. The Morgan fingerprint density at radius 2 is 2.11 bits per heavy atom. The standard InChI is InChI=1S/C15H22N2O.ClH/c1-2-3-5-12-7-9-13(10-8-12)17-15(18)14-6-4-11-16-14;/h7-10,14,16H,2-6,11H2,1H3,(H,17,18);1H. The first-order chi connectivity index (χ1) is 8.79. The molecule has 1 aliphatic heterocycles. The second-order valence-corrected chi connectivity index (χ2v) is 4.94. The highest BCUT2D eigenvalue weighted by Gasteiger charge is 2.21. The average Bonchev–Trinajstić information content (AvgIpc) is 2.92. The third-order valence-electron chi connectivity index (χ3n) is 3.42. The number of hydrogen-bond acceptors (Lipinski definition) is 2. The average molecular weight is 283 g/mol. The van der Waals surface area contributed by atoms with Gasteiger partial charge in [-0.1, -0.05) is 25.5 Å². The fraction of sp³-hybridized carbons (Fsp3) is 0.533. The summed E-state index contributed by atoms with van der Waals surface area (Å²) in [5.74, 6) is 0.0915. The first-order valence-corrected chi connectivity index (χ1v) is 6.93. The second-order valence-electron chi connectivity index (χ2n) is 4.94. The SMILES string of the molecule is CCCCc1ccc(NC(=O)C2CCCN2)cc1.Cl. The van der Waals surface area contributed by atoms with E-state index >= 15 is 0 Å². The molecule has 0 radical (unpaired) electrons. The molecule has 3 nitrogen and oxygen atoms in total. The molecule has 1 unspecified atom stereocenters. The van der Waals surface area contributed by atoms with Gasteiger partial charge in [0.1, 0.15) is 0 Å². The molecule has 1 amide bonds. The lowest BCUT2D eigenvalue weighted by molar-refractivity contribution is -0.117. The van der Waals surface area contributed by atoms with Crippen LogP contribution in [0.15, 0.2) is 24.3 Å². The molecule has 106 valence electrons. The van der Waals surface area contributed by atoms with E-state index in [1.807, 2.05) is 12.1 Å². The van der Waals surface area contributed by atoms with Crippen molar-refractivity contribution in [3.63, 3.8) is 0 Å². The molecule has 2 N–H and O–H groups in total. The topological polar surface area (TPSA) is 41.1 Å². The highest BCUT2D eigenvalue weighted by molar-refractivity contribution is 5.95. The Balaban J connectivity index is 0.00000180. The molecule has 0 saturated carbocycles. The van der Waals surface area contributed by atoms with Gasteiger partial charge in [0.05, 0.1) is 6.04 Å². The minimum Gasteiger partial charge on any atom is -0.325 e. The monoisotopic (exact) mass is 282 g/mol. The summed E-state index contributed by atoms with van der Waals surface area (Å²) in [6, 6.07) is 8.20. The molecule has 1 fully saturated rings. The van der Waals surface area contributed by atoms with Crippen LogP contribution in [0.3, 0.4) is 0 Å². The van der Waals surface area contributed by atoms with Crippen LogP contribution in [0.25, 0.3) is 0 Å². The first kappa shape index (κ1) is 16.0. The zero-order valence-electron chi connectivity index (χ0n) is 11.4. The van der Waals surface area contributed by atoms with Crippen molar-refractivity contribution in [1.82, 2.24) is 5.32 Å². The van der Waals surface area contributed by atoms with Crippen LogP contribution in [0, 0.1) is 0 Å². The lowest BCUT2D eigenvalue weighted by Gasteiger charge is -2.11. The normalized spacial score (nSPS) is 17.8. The molecule has 0 aromatic heterocycles. The second kappa shape index (κ2) is 8.18. The molecule has 2 rings (SSSR count). The Hall–Kier alpha value is -1.06. The number of anilines is 1. The van der Waals surface area contributed by atoms with Crippen LogP contribution in [0.4, 0.5) is 5.69 Å². The van der Waals surface area contributed by atoms with Crippen LogP contribution in [0.5, 0.6) is 0 Å². The van der Waals surface area contributed by atoms with E-state index in [0.29, 0.717) is 0 Å². The number of amides is 1. The Morgan fingerprint density at radius 3 is 2.68 bits per heavy atom. The molecule has 1 saturated heterocycles. The number of rotatable bonds is 5. The third-order valence-corrected chi connectivity index (χ3v) is 3.42. The number of carbonyl (C=O) groups excluding carboxylic acids is 1. The third kappa shape index (κ3) is 4.84. The van der Waals surface area contributed by atoms with Crippen LogP contribution < -0.4 is 10.6 Å². The molecule has 1 aromatic rings. The van der Waals surface area contributed by atoms with Crippen LogP contribution in [-0.2, 0) is 11.2 Å². The van der Waals surface area contributed by atoms with Gasteiger partial charge in [0.2, 0.25) is 5.91 Å². The molecule has 0 spiro atoms. The van der Waals surface area contributed by atoms with Crippen LogP contribution in [-0.4, -0.2) is 18.5 Å². The van der Waals surface area contributed by atoms with Crippen molar-refractivity contribution in [3.05, 3.63) is 29.8 Å². The fourth-order valence-corrected chi connectivity index (χ4v) is 2.27. The molecule has 0 aliphatic carbocycles. The molecule has 1 atom stereocenters. The van der Waals surface area contributed by atoms with Gasteiger partial charge in [-0.3, -0.25) is 4.79 Å². The summed E-state index contributed by atoms with van der Waals surface area (Å²) in [7, 11) is 0. The van der Waals surface area contributed by atoms with Gasteiger partial charge in [-0.15, -0.1) is 12.4 Å². The number of halogens is 1. The van der Waals surface area contributed by atoms with Crippen molar-refractivity contribution >= 4 is 24.0 Å². The smallest absolute Gasteiger partial charge is 0.241 e. The summed E-state index contributed by atoms with van der Waals surface area (Å²) >= 11 is 0. The fourth-order valence-electron chi connectivity index (χ4n) is 2.27. The van der Waals surface area contributed by atoms with Crippen LogP contribution >= 0.6 is 12.4 Å². The Kier molecular flexibility index (Phi) is 6.89. The van der Waals surface area contributed by atoms with Gasteiger partial charge in [-0.2, -0.15) is 0 Å². The summed E-state index contributed by atoms with van der Waals surface area (Å²) in [5, 5.41) is 6.17. The summed E-state index contributed by atoms with van der Waals surface area (Å²) < 4.78 is 0. The van der Waals surface area contributed by atoms with Gasteiger partial charge in [0.25, 0.3) is 0 Å². The first-order valence-electron chi connectivity index (χ1n) is 6.93. The van der Waals surface area contributed by atoms with Crippen molar-refractivity contribution in [1.29, 1.82) is 0 Å². The van der Waals surface area contributed by atoms with Gasteiger partial charge >= 0.3 is 0 Å². The summed E-state index contributed by atoms with van der Waals surface area (Å²) in [4.78, 5) is 11.9. The van der Waals surface area contributed by atoms with Crippen molar-refractivity contribution < 1.29 is 4.79 Å². The van der Waals surface area contributed by atoms with Gasteiger partial charge in [-0.05, 0) is 49.9 Å². The Morgan fingerprint density at radius 1 is 1.37 bits per heavy atom. The highest BCUT2D eigenvalue weighted by atomic mass is 35.5. The molecule has 0 bridgehead atoms. The van der Waals surface area contributed by atoms with E-state index in [2.05, 4.69) is 29.7 Å². The molecule has 19 heavy (non-hydrogen) atoms. The van der Waals surface area contributed by atoms with Crippen LogP contribution in [0.2, 0.25) is 0 Å². The number of nitrogens with one attached hydrogen (secondary N) is 2. The van der Waals surface area contributed by atoms with E-state index in [0.717, 1.165) is 31.5 Å². The zero-order valence-corrected chi connectivity index (χ0v) is 12.3. The number of carbonyl (C=O) groups is 1. The molecule has 1 aromatic carbocycles. The lowest BCUT2D eigenvalue weighted by Crippen LogP contribution is -2.35. The molecule has 4 heteroatoms. The van der Waals surface area contributed by atoms with E-state index in [1.165, 1.54) is 18.4 Å². The van der Waals surface area contributed by atoms with E-state index in [9.17, 15) is 4.79 Å². The number of aryl methyl sites for hydroxylation is 1. The predicted octanol–water partition coefficient (Wildman–Crippen LogP) is 3.14. The maximum atomic E-state index is 11.9. The maximum absolute atomic E-state index is 11.9. The summed E-state index contributed by atoms with van der Waals surface area (Å²) in [5.41, 5.74) is 2.24. The van der Waals surface area contributed by atoms with Crippen molar-refractivity contribution in [2.24, 2.45) is 0 Å². The molecule has 1 aliphatic rings. The largest absolute Gasteiger partial charge is 0.325 e. The molecular weight excluding hydrogens is 260 g/mol.